The Balaban J connectivity index is 4.58. The first-order chi connectivity index (χ1) is 39.0. The van der Waals surface area contributed by atoms with E-state index in [4.69, 9.17) is 14.2 Å². The van der Waals surface area contributed by atoms with E-state index in [1.54, 1.807) is 6.08 Å². The van der Waals surface area contributed by atoms with Crippen molar-refractivity contribution >= 4 is 17.9 Å². The molecule has 0 spiro atoms. The zero-order valence-electron chi connectivity index (χ0n) is 49.8. The van der Waals surface area contributed by atoms with Gasteiger partial charge in [-0.25, -0.2) is 0 Å². The smallest absolute Gasteiger partial charge is 0.309 e. The second kappa shape index (κ2) is 64.5. The van der Waals surface area contributed by atoms with Crippen LogP contribution in [0.25, 0.3) is 0 Å². The van der Waals surface area contributed by atoms with Crippen LogP contribution in [0.15, 0.2) is 207 Å². The third-order valence-corrected chi connectivity index (χ3v) is 11.8. The van der Waals surface area contributed by atoms with Crippen LogP contribution in [0.4, 0.5) is 0 Å². The highest BCUT2D eigenvalue weighted by atomic mass is 16.6. The number of carbonyl (C=O) groups excluding carboxylic acids is 3. The van der Waals surface area contributed by atoms with Gasteiger partial charge in [-0.1, -0.05) is 253 Å². The van der Waals surface area contributed by atoms with E-state index in [9.17, 15) is 14.4 Å². The van der Waals surface area contributed by atoms with Crippen molar-refractivity contribution in [2.24, 2.45) is 0 Å². The van der Waals surface area contributed by atoms with E-state index in [2.05, 4.69) is 215 Å². The summed E-state index contributed by atoms with van der Waals surface area (Å²) in [6, 6.07) is 0. The Morgan fingerprint density at radius 1 is 0.266 bits per heavy atom. The quantitative estimate of drug-likeness (QED) is 0.0261. The van der Waals surface area contributed by atoms with Crippen molar-refractivity contribution in [2.45, 2.75) is 219 Å². The third kappa shape index (κ3) is 62.7. The molecule has 1 unspecified atom stereocenters. The lowest BCUT2D eigenvalue weighted by Gasteiger charge is -2.18. The normalized spacial score (nSPS) is 13.6. The second-order valence-corrected chi connectivity index (χ2v) is 19.1. The average Bonchev–Trinajstić information content (AvgIpc) is 3.45. The highest BCUT2D eigenvalue weighted by molar-refractivity contribution is 5.72. The summed E-state index contributed by atoms with van der Waals surface area (Å²) in [5, 5.41) is 0. The van der Waals surface area contributed by atoms with E-state index >= 15 is 0 Å². The van der Waals surface area contributed by atoms with E-state index in [1.165, 1.54) is 0 Å². The number of rotatable bonds is 52. The van der Waals surface area contributed by atoms with Gasteiger partial charge in [0, 0.05) is 12.8 Å². The van der Waals surface area contributed by atoms with Gasteiger partial charge < -0.3 is 14.2 Å². The molecule has 0 saturated carbocycles. The molecule has 0 N–H and O–H groups in total. The van der Waals surface area contributed by atoms with Gasteiger partial charge in [0.2, 0.25) is 0 Å². The monoisotopic (exact) mass is 1080 g/mol. The summed E-state index contributed by atoms with van der Waals surface area (Å²) in [7, 11) is 0. The molecule has 0 aliphatic heterocycles. The predicted molar refractivity (Wildman–Crippen MR) is 343 cm³/mol. The van der Waals surface area contributed by atoms with Gasteiger partial charge in [-0.3, -0.25) is 14.4 Å². The second-order valence-electron chi connectivity index (χ2n) is 19.1. The Labute approximate surface area is 483 Å². The van der Waals surface area contributed by atoms with Crippen molar-refractivity contribution in [2.75, 3.05) is 13.2 Å². The standard InChI is InChI=1S/C73H108O6/c1-4-7-10-13-16-19-22-25-28-30-32-33-34-35-36-37-38-39-41-42-45-48-51-54-57-60-63-66-72(75)78-69-70(68-77-71(74)65-62-59-56-53-50-47-44-27-24-21-18-15-12-9-6-3)79-73(76)67-64-61-58-55-52-49-46-43-40-31-29-26-23-20-17-14-11-8-5-2/h7-12,16-21,25-29,32-33,35-36,38-40,42-45,49-50,52-53,59,62,70H,4-6,13-15,22-24,30-31,34,37,41,46-48,51,54-58,60-61,63-69H2,1-3H3/b10-7-,11-8-,12-9-,19-16-,20-17-,21-18-,28-25-,29-26-,33-32-,36-35-,39-38-,43-40-,44-27-,45-42-,52-49-,53-50-,62-59-. The maximum Gasteiger partial charge on any atom is 0.309 e. The van der Waals surface area contributed by atoms with Gasteiger partial charge in [-0.2, -0.15) is 0 Å². The lowest BCUT2D eigenvalue weighted by molar-refractivity contribution is -0.166. The minimum atomic E-state index is -0.859. The van der Waals surface area contributed by atoms with Crippen molar-refractivity contribution in [3.8, 4) is 0 Å². The molecule has 0 bridgehead atoms. The Morgan fingerprint density at radius 2 is 0.506 bits per heavy atom. The summed E-state index contributed by atoms with van der Waals surface area (Å²) < 4.78 is 16.7. The van der Waals surface area contributed by atoms with E-state index < -0.39 is 12.1 Å². The average molecular weight is 1080 g/mol. The Kier molecular flexibility index (Phi) is 59.6. The first-order valence-electron chi connectivity index (χ1n) is 30.6. The molecule has 0 aliphatic carbocycles. The van der Waals surface area contributed by atoms with Crippen LogP contribution in [-0.2, 0) is 28.6 Å². The molecule has 0 radical (unpaired) electrons. The molecule has 0 saturated heterocycles. The van der Waals surface area contributed by atoms with Gasteiger partial charge in [-0.15, -0.1) is 0 Å². The van der Waals surface area contributed by atoms with Crippen molar-refractivity contribution in [1.29, 1.82) is 0 Å². The molecule has 0 aromatic heterocycles. The van der Waals surface area contributed by atoms with Crippen LogP contribution in [0.5, 0.6) is 0 Å². The van der Waals surface area contributed by atoms with Gasteiger partial charge in [-0.05, 0) is 148 Å². The molecule has 0 aromatic rings. The van der Waals surface area contributed by atoms with E-state index in [0.29, 0.717) is 19.3 Å². The molecule has 436 valence electrons. The number of unbranched alkanes of at least 4 members (excludes halogenated alkanes) is 8. The van der Waals surface area contributed by atoms with Gasteiger partial charge in [0.15, 0.2) is 6.10 Å². The van der Waals surface area contributed by atoms with Crippen LogP contribution in [0.2, 0.25) is 0 Å². The summed E-state index contributed by atoms with van der Waals surface area (Å²) in [5.41, 5.74) is 0. The molecular formula is C73H108O6. The van der Waals surface area contributed by atoms with Crippen LogP contribution < -0.4 is 0 Å². The lowest BCUT2D eigenvalue weighted by atomic mass is 10.1. The fraction of sp³-hybridized carbons (Fsp3) is 0.493. The molecular weight excluding hydrogens is 973 g/mol. The SMILES string of the molecule is CC/C=C\C/C=C\C/C=C\C/C=C\C/C=C\C/C=C\C/C=C\CCCCCCCC(=O)OCC(COC(=O)C/C=C\C/C=C\C/C=C\C/C=C\C/C=C\CC)OC(=O)CCCCC/C=C\C/C=C\C/C=C\C/C=C\C/C=C\CC. The van der Waals surface area contributed by atoms with Crippen molar-refractivity contribution in [1.82, 2.24) is 0 Å². The maximum atomic E-state index is 12.9. The van der Waals surface area contributed by atoms with E-state index in [-0.39, 0.29) is 38.0 Å². The predicted octanol–water partition coefficient (Wildman–Crippen LogP) is 21.2. The van der Waals surface area contributed by atoms with E-state index in [0.717, 1.165) is 161 Å². The van der Waals surface area contributed by atoms with Crippen molar-refractivity contribution in [3.05, 3.63) is 207 Å². The Bertz CT molecular complexity index is 1960. The van der Waals surface area contributed by atoms with Crippen LogP contribution in [0, 0.1) is 0 Å². The molecule has 6 heteroatoms. The first-order valence-corrected chi connectivity index (χ1v) is 30.6. The van der Waals surface area contributed by atoms with Crippen LogP contribution in [-0.4, -0.2) is 37.2 Å². The summed E-state index contributed by atoms with van der Waals surface area (Å²) in [4.78, 5) is 38.2. The number of ether oxygens (including phenoxy) is 3. The summed E-state index contributed by atoms with van der Waals surface area (Å²) >= 11 is 0. The zero-order valence-corrected chi connectivity index (χ0v) is 49.8. The number of hydrogen-bond acceptors (Lipinski definition) is 6. The van der Waals surface area contributed by atoms with Crippen LogP contribution in [0.3, 0.4) is 0 Å². The summed E-state index contributed by atoms with van der Waals surface area (Å²) in [6.07, 6.45) is 99.9. The Morgan fingerprint density at radius 3 is 0.835 bits per heavy atom. The molecule has 6 nitrogen and oxygen atoms in total. The maximum absolute atomic E-state index is 12.9. The number of hydrogen-bond donors (Lipinski definition) is 0. The number of allylic oxidation sites excluding steroid dienone is 33. The molecule has 0 heterocycles. The van der Waals surface area contributed by atoms with E-state index in [1.807, 2.05) is 6.08 Å². The van der Waals surface area contributed by atoms with Gasteiger partial charge in [0.1, 0.15) is 13.2 Å². The Hall–Kier alpha value is -6.01. The molecule has 0 aromatic carbocycles. The first kappa shape index (κ1) is 73.0. The molecule has 0 amide bonds. The summed E-state index contributed by atoms with van der Waals surface area (Å²) in [5.74, 6) is -1.14. The minimum Gasteiger partial charge on any atom is -0.462 e. The third-order valence-electron chi connectivity index (χ3n) is 11.8. The molecule has 0 fully saturated rings. The fourth-order valence-corrected chi connectivity index (χ4v) is 7.34. The number of esters is 3. The largest absolute Gasteiger partial charge is 0.462 e. The van der Waals surface area contributed by atoms with Gasteiger partial charge in [0.25, 0.3) is 0 Å². The summed E-state index contributed by atoms with van der Waals surface area (Å²) in [6.45, 7) is 6.14. The van der Waals surface area contributed by atoms with Gasteiger partial charge >= 0.3 is 17.9 Å². The van der Waals surface area contributed by atoms with Crippen LogP contribution >= 0.6 is 0 Å². The molecule has 1 atom stereocenters. The zero-order chi connectivity index (χ0) is 57.1. The van der Waals surface area contributed by atoms with Crippen molar-refractivity contribution in [3.63, 3.8) is 0 Å². The number of carbonyl (C=O) groups is 3. The molecule has 0 rings (SSSR count). The van der Waals surface area contributed by atoms with Gasteiger partial charge in [0.05, 0.1) is 6.42 Å². The topological polar surface area (TPSA) is 78.9 Å². The molecule has 79 heavy (non-hydrogen) atoms. The highest BCUT2D eigenvalue weighted by Gasteiger charge is 2.19. The highest BCUT2D eigenvalue weighted by Crippen LogP contribution is 2.11. The molecule has 0 aliphatic rings. The minimum absolute atomic E-state index is 0.104. The fourth-order valence-electron chi connectivity index (χ4n) is 7.34. The van der Waals surface area contributed by atoms with Crippen molar-refractivity contribution < 1.29 is 28.6 Å². The lowest BCUT2D eigenvalue weighted by Crippen LogP contribution is -2.30. The van der Waals surface area contributed by atoms with Crippen LogP contribution in [0.1, 0.15) is 213 Å².